The molecule has 1 fully saturated rings. The van der Waals surface area contributed by atoms with Crippen molar-refractivity contribution >= 4 is 23.4 Å². The summed E-state index contributed by atoms with van der Waals surface area (Å²) in [7, 11) is 0. The van der Waals surface area contributed by atoms with Crippen molar-refractivity contribution in [3.8, 4) is 11.5 Å². The summed E-state index contributed by atoms with van der Waals surface area (Å²) in [5.74, 6) is 0.789. The molecule has 7 heteroatoms. The summed E-state index contributed by atoms with van der Waals surface area (Å²) in [4.78, 5) is 38.0. The minimum atomic E-state index is -0.237. The molecular weight excluding hydrogens is 408 g/mol. The summed E-state index contributed by atoms with van der Waals surface area (Å²) in [6.07, 6.45) is 0.450. The second-order valence-electron chi connectivity index (χ2n) is 7.94. The Labute approximate surface area is 188 Å². The number of carbonyl (C=O) groups is 3. The van der Waals surface area contributed by atoms with Crippen molar-refractivity contribution in [2.24, 2.45) is 5.92 Å². The number of anilines is 1. The van der Waals surface area contributed by atoms with E-state index in [9.17, 15) is 14.4 Å². The standard InChI is InChI=1S/C25H30N2O5/c1-5-31-20-12-9-18(15-21(20)32-6-2)24(16(3)4)26-25(30)17-7-10-19(11-8-17)27-22(28)13-14-23(27)29/h7-12,15-16,24H,5-6,13-14H2,1-4H3,(H,26,30). The van der Waals surface area contributed by atoms with E-state index < -0.39 is 0 Å². The van der Waals surface area contributed by atoms with Crippen LogP contribution in [0.3, 0.4) is 0 Å². The lowest BCUT2D eigenvalue weighted by Gasteiger charge is -2.24. The highest BCUT2D eigenvalue weighted by atomic mass is 16.5. The van der Waals surface area contributed by atoms with Crippen molar-refractivity contribution in [1.82, 2.24) is 5.32 Å². The van der Waals surface area contributed by atoms with Gasteiger partial charge in [0.25, 0.3) is 5.91 Å². The zero-order chi connectivity index (χ0) is 23.3. The second kappa shape index (κ2) is 10.3. The van der Waals surface area contributed by atoms with Gasteiger partial charge in [0.15, 0.2) is 11.5 Å². The predicted molar refractivity (Wildman–Crippen MR) is 122 cm³/mol. The average molecular weight is 439 g/mol. The van der Waals surface area contributed by atoms with Gasteiger partial charge < -0.3 is 14.8 Å². The van der Waals surface area contributed by atoms with Crippen molar-refractivity contribution in [1.29, 1.82) is 0 Å². The maximum absolute atomic E-state index is 13.0. The number of rotatable bonds is 9. The highest BCUT2D eigenvalue weighted by molar-refractivity contribution is 6.19. The van der Waals surface area contributed by atoms with Crippen LogP contribution in [0, 0.1) is 5.92 Å². The second-order valence-corrected chi connectivity index (χ2v) is 7.94. The number of imide groups is 1. The van der Waals surface area contributed by atoms with Crippen molar-refractivity contribution in [2.75, 3.05) is 18.1 Å². The lowest BCUT2D eigenvalue weighted by Crippen LogP contribution is -2.32. The van der Waals surface area contributed by atoms with Crippen LogP contribution >= 0.6 is 0 Å². The average Bonchev–Trinajstić information content (AvgIpc) is 3.11. The largest absolute Gasteiger partial charge is 0.490 e. The van der Waals surface area contributed by atoms with Crippen molar-refractivity contribution in [3.05, 3.63) is 53.6 Å². The molecule has 1 heterocycles. The Morgan fingerprint density at radius 2 is 1.53 bits per heavy atom. The summed E-state index contributed by atoms with van der Waals surface area (Å²) >= 11 is 0. The van der Waals surface area contributed by atoms with Gasteiger partial charge in [0.1, 0.15) is 0 Å². The van der Waals surface area contributed by atoms with Gasteiger partial charge in [0.05, 0.1) is 24.9 Å². The Bertz CT molecular complexity index is 968. The van der Waals surface area contributed by atoms with Gasteiger partial charge >= 0.3 is 0 Å². The van der Waals surface area contributed by atoms with Gasteiger partial charge in [0.2, 0.25) is 11.8 Å². The predicted octanol–water partition coefficient (Wildman–Crippen LogP) is 4.26. The smallest absolute Gasteiger partial charge is 0.251 e. The van der Waals surface area contributed by atoms with E-state index in [1.165, 1.54) is 4.90 Å². The Kier molecular flexibility index (Phi) is 7.51. The molecule has 2 aromatic carbocycles. The summed E-state index contributed by atoms with van der Waals surface area (Å²) in [5, 5.41) is 3.09. The van der Waals surface area contributed by atoms with Crippen LogP contribution < -0.4 is 19.7 Å². The molecule has 0 radical (unpaired) electrons. The molecule has 3 rings (SSSR count). The van der Waals surface area contributed by atoms with E-state index in [0.717, 1.165) is 5.56 Å². The maximum Gasteiger partial charge on any atom is 0.251 e. The molecule has 0 saturated carbocycles. The molecule has 0 bridgehead atoms. The van der Waals surface area contributed by atoms with Crippen molar-refractivity contribution < 1.29 is 23.9 Å². The van der Waals surface area contributed by atoms with Gasteiger partial charge in [-0.3, -0.25) is 19.3 Å². The van der Waals surface area contributed by atoms with E-state index in [0.29, 0.717) is 36.0 Å². The molecule has 0 aliphatic carbocycles. The molecule has 2 aromatic rings. The number of amides is 3. The first kappa shape index (κ1) is 23.3. The number of hydrogen-bond acceptors (Lipinski definition) is 5. The Morgan fingerprint density at radius 3 is 2.09 bits per heavy atom. The third-order valence-electron chi connectivity index (χ3n) is 5.32. The Morgan fingerprint density at radius 1 is 0.938 bits per heavy atom. The van der Waals surface area contributed by atoms with Crippen LogP contribution in [0.5, 0.6) is 11.5 Å². The first-order chi connectivity index (χ1) is 15.3. The zero-order valence-electron chi connectivity index (χ0n) is 19.0. The van der Waals surface area contributed by atoms with Crippen LogP contribution in [0.15, 0.2) is 42.5 Å². The first-order valence-corrected chi connectivity index (χ1v) is 11.0. The lowest BCUT2D eigenvalue weighted by molar-refractivity contribution is -0.121. The number of ether oxygens (including phenoxy) is 2. The van der Waals surface area contributed by atoms with Gasteiger partial charge in [-0.05, 0) is 61.7 Å². The summed E-state index contributed by atoms with van der Waals surface area (Å²) in [6, 6.07) is 12.0. The van der Waals surface area contributed by atoms with Gasteiger partial charge in [-0.2, -0.15) is 0 Å². The third kappa shape index (κ3) is 5.10. The number of carbonyl (C=O) groups excluding carboxylic acids is 3. The summed E-state index contributed by atoms with van der Waals surface area (Å²) in [5.41, 5.74) is 1.86. The molecule has 1 atom stereocenters. The van der Waals surface area contributed by atoms with Crippen LogP contribution in [0.1, 0.15) is 62.5 Å². The molecule has 7 nitrogen and oxygen atoms in total. The number of benzene rings is 2. The quantitative estimate of drug-likeness (QED) is 0.591. The molecule has 3 amide bonds. The minimum absolute atomic E-state index is 0.130. The number of hydrogen-bond donors (Lipinski definition) is 1. The SMILES string of the molecule is CCOc1ccc(C(NC(=O)c2ccc(N3C(=O)CCC3=O)cc2)C(C)C)cc1OCC. The number of nitrogens with zero attached hydrogens (tertiary/aromatic N) is 1. The molecule has 1 unspecified atom stereocenters. The monoisotopic (exact) mass is 438 g/mol. The lowest BCUT2D eigenvalue weighted by atomic mass is 9.95. The van der Waals surface area contributed by atoms with E-state index in [-0.39, 0.29) is 42.5 Å². The molecule has 0 spiro atoms. The molecule has 1 aliphatic rings. The van der Waals surface area contributed by atoms with Crippen LogP contribution in [-0.4, -0.2) is 30.9 Å². The van der Waals surface area contributed by atoms with Gasteiger partial charge in [-0.25, -0.2) is 0 Å². The molecule has 0 aromatic heterocycles. The fourth-order valence-corrected chi connectivity index (χ4v) is 3.75. The van der Waals surface area contributed by atoms with Crippen LogP contribution in [0.4, 0.5) is 5.69 Å². The fourth-order valence-electron chi connectivity index (χ4n) is 3.75. The Hall–Kier alpha value is -3.35. The summed E-state index contributed by atoms with van der Waals surface area (Å²) in [6.45, 7) is 8.95. The summed E-state index contributed by atoms with van der Waals surface area (Å²) < 4.78 is 11.4. The maximum atomic E-state index is 13.0. The molecule has 1 saturated heterocycles. The van der Waals surface area contributed by atoms with Crippen LogP contribution in [-0.2, 0) is 9.59 Å². The highest BCUT2D eigenvalue weighted by Gasteiger charge is 2.30. The van der Waals surface area contributed by atoms with Gasteiger partial charge in [0, 0.05) is 18.4 Å². The van der Waals surface area contributed by atoms with Crippen molar-refractivity contribution in [2.45, 2.75) is 46.6 Å². The third-order valence-corrected chi connectivity index (χ3v) is 5.32. The molecule has 170 valence electrons. The van der Waals surface area contributed by atoms with E-state index in [1.54, 1.807) is 24.3 Å². The number of nitrogens with one attached hydrogen (secondary N) is 1. The van der Waals surface area contributed by atoms with Crippen LogP contribution in [0.2, 0.25) is 0 Å². The fraction of sp³-hybridized carbons (Fsp3) is 0.400. The highest BCUT2D eigenvalue weighted by Crippen LogP contribution is 2.33. The van der Waals surface area contributed by atoms with Crippen molar-refractivity contribution in [3.63, 3.8) is 0 Å². The van der Waals surface area contributed by atoms with E-state index >= 15 is 0 Å². The van der Waals surface area contributed by atoms with Gasteiger partial charge in [-0.15, -0.1) is 0 Å². The van der Waals surface area contributed by atoms with E-state index in [1.807, 2.05) is 45.9 Å². The zero-order valence-corrected chi connectivity index (χ0v) is 19.0. The first-order valence-electron chi connectivity index (χ1n) is 11.0. The minimum Gasteiger partial charge on any atom is -0.490 e. The molecule has 32 heavy (non-hydrogen) atoms. The van der Waals surface area contributed by atoms with E-state index in [2.05, 4.69) is 5.32 Å². The van der Waals surface area contributed by atoms with Crippen LogP contribution in [0.25, 0.3) is 0 Å². The Balaban J connectivity index is 1.79. The molecule has 1 aliphatic heterocycles. The van der Waals surface area contributed by atoms with E-state index in [4.69, 9.17) is 9.47 Å². The normalized spacial score (nSPS) is 14.6. The topological polar surface area (TPSA) is 84.9 Å². The molecular formula is C25H30N2O5. The van der Waals surface area contributed by atoms with Gasteiger partial charge in [-0.1, -0.05) is 19.9 Å². The molecule has 1 N–H and O–H groups in total.